The Labute approximate surface area is 142 Å². The first-order chi connectivity index (χ1) is 11.7. The van der Waals surface area contributed by atoms with E-state index in [1.54, 1.807) is 7.11 Å². The van der Waals surface area contributed by atoms with Crippen LogP contribution >= 0.6 is 0 Å². The Morgan fingerprint density at radius 3 is 2.75 bits per heavy atom. The average molecular weight is 322 g/mol. The lowest BCUT2D eigenvalue weighted by Crippen LogP contribution is -2.45. The van der Waals surface area contributed by atoms with Gasteiger partial charge in [0.1, 0.15) is 0 Å². The molecule has 0 bridgehead atoms. The number of benzene rings is 1. The number of likely N-dealkylation sites (tertiary alicyclic amines) is 1. The van der Waals surface area contributed by atoms with Crippen LogP contribution in [0.3, 0.4) is 0 Å². The molecule has 1 fully saturated rings. The fourth-order valence-electron chi connectivity index (χ4n) is 4.26. The summed E-state index contributed by atoms with van der Waals surface area (Å²) in [6, 6.07) is 14.3. The van der Waals surface area contributed by atoms with Crippen molar-refractivity contribution >= 4 is 5.91 Å². The van der Waals surface area contributed by atoms with Gasteiger partial charge in [-0.3, -0.25) is 4.79 Å². The first-order valence-electron chi connectivity index (χ1n) is 8.62. The van der Waals surface area contributed by atoms with Gasteiger partial charge in [-0.25, -0.2) is 4.98 Å². The molecule has 4 rings (SSSR count). The quantitative estimate of drug-likeness (QED) is 0.869. The normalized spacial score (nSPS) is 22.7. The SMILES string of the molecule is COc1ccc2c(n1)CCCC21CCC(=O)N1Cc1ccccc1. The fraction of sp³-hybridized carbons (Fsp3) is 0.400. The van der Waals surface area contributed by atoms with Crippen LogP contribution in [0, 0.1) is 0 Å². The lowest BCUT2D eigenvalue weighted by atomic mass is 9.76. The third kappa shape index (κ3) is 2.37. The number of fused-ring (bicyclic) bond motifs is 2. The molecule has 4 heteroatoms. The molecule has 1 aromatic carbocycles. The molecule has 1 saturated heterocycles. The summed E-state index contributed by atoms with van der Waals surface area (Å²) in [5.41, 5.74) is 3.30. The molecular weight excluding hydrogens is 300 g/mol. The number of rotatable bonds is 3. The smallest absolute Gasteiger partial charge is 0.223 e. The van der Waals surface area contributed by atoms with Crippen LogP contribution in [0.1, 0.15) is 42.5 Å². The average Bonchev–Trinajstić information content (AvgIpc) is 2.93. The van der Waals surface area contributed by atoms with Gasteiger partial charge in [0.25, 0.3) is 0 Å². The van der Waals surface area contributed by atoms with Gasteiger partial charge < -0.3 is 9.64 Å². The van der Waals surface area contributed by atoms with Crippen LogP contribution in [0.4, 0.5) is 0 Å². The van der Waals surface area contributed by atoms with Crippen molar-refractivity contribution in [2.24, 2.45) is 0 Å². The summed E-state index contributed by atoms with van der Waals surface area (Å²) in [5.74, 6) is 0.909. The van der Waals surface area contributed by atoms with E-state index in [1.165, 1.54) is 11.1 Å². The predicted molar refractivity (Wildman–Crippen MR) is 91.6 cm³/mol. The summed E-state index contributed by atoms with van der Waals surface area (Å²) in [6.45, 7) is 0.672. The van der Waals surface area contributed by atoms with Crippen LogP contribution < -0.4 is 4.74 Å². The van der Waals surface area contributed by atoms with E-state index >= 15 is 0 Å². The van der Waals surface area contributed by atoms with Gasteiger partial charge in [0.05, 0.1) is 12.6 Å². The molecule has 1 unspecified atom stereocenters. The molecule has 24 heavy (non-hydrogen) atoms. The van der Waals surface area contributed by atoms with Crippen molar-refractivity contribution in [2.45, 2.75) is 44.2 Å². The number of hydrogen-bond acceptors (Lipinski definition) is 3. The summed E-state index contributed by atoms with van der Waals surface area (Å²) in [6.07, 6.45) is 4.55. The fourth-order valence-corrected chi connectivity index (χ4v) is 4.26. The number of aryl methyl sites for hydroxylation is 1. The maximum atomic E-state index is 12.7. The van der Waals surface area contributed by atoms with Crippen LogP contribution in [0.5, 0.6) is 5.88 Å². The third-order valence-corrected chi connectivity index (χ3v) is 5.42. The topological polar surface area (TPSA) is 42.4 Å². The monoisotopic (exact) mass is 322 g/mol. The minimum Gasteiger partial charge on any atom is -0.481 e. The first kappa shape index (κ1) is 15.2. The molecule has 124 valence electrons. The molecule has 4 nitrogen and oxygen atoms in total. The molecule has 0 radical (unpaired) electrons. The molecule has 0 N–H and O–H groups in total. The zero-order valence-corrected chi connectivity index (χ0v) is 14.0. The largest absolute Gasteiger partial charge is 0.481 e. The Balaban J connectivity index is 1.75. The lowest BCUT2D eigenvalue weighted by Gasteiger charge is -2.42. The summed E-state index contributed by atoms with van der Waals surface area (Å²) in [4.78, 5) is 19.4. The highest BCUT2D eigenvalue weighted by atomic mass is 16.5. The second kappa shape index (κ2) is 5.93. The van der Waals surface area contributed by atoms with E-state index in [0.717, 1.165) is 31.4 Å². The van der Waals surface area contributed by atoms with Crippen LogP contribution in [0.25, 0.3) is 0 Å². The van der Waals surface area contributed by atoms with Gasteiger partial charge in [-0.1, -0.05) is 30.3 Å². The number of nitrogens with zero attached hydrogens (tertiary/aromatic N) is 2. The molecule has 2 aromatic rings. The predicted octanol–water partition coefficient (Wildman–Crippen LogP) is 3.44. The molecule has 1 aliphatic heterocycles. The van der Waals surface area contributed by atoms with Crippen LogP contribution in [-0.4, -0.2) is 22.9 Å². The molecule has 1 aliphatic carbocycles. The standard InChI is InChI=1S/C20H22N2O2/c1-24-18-10-9-16-17(21-18)8-5-12-20(16)13-11-19(23)22(20)14-15-6-3-2-4-7-15/h2-4,6-7,9-10H,5,8,11-14H2,1H3. The van der Waals surface area contributed by atoms with Crippen molar-refractivity contribution < 1.29 is 9.53 Å². The van der Waals surface area contributed by atoms with Gasteiger partial charge in [-0.2, -0.15) is 0 Å². The van der Waals surface area contributed by atoms with Gasteiger partial charge in [0.15, 0.2) is 0 Å². The van der Waals surface area contributed by atoms with Crippen LogP contribution in [0.2, 0.25) is 0 Å². The number of carbonyl (C=O) groups is 1. The van der Waals surface area contributed by atoms with Gasteiger partial charge in [-0.15, -0.1) is 0 Å². The zero-order valence-electron chi connectivity index (χ0n) is 14.0. The maximum absolute atomic E-state index is 12.7. The van der Waals surface area contributed by atoms with E-state index in [0.29, 0.717) is 18.8 Å². The van der Waals surface area contributed by atoms with Crippen molar-refractivity contribution in [3.05, 3.63) is 59.3 Å². The summed E-state index contributed by atoms with van der Waals surface area (Å²) in [7, 11) is 1.65. The van der Waals surface area contributed by atoms with Crippen molar-refractivity contribution in [1.29, 1.82) is 0 Å². The summed E-state index contributed by atoms with van der Waals surface area (Å²) >= 11 is 0. The van der Waals surface area contributed by atoms with E-state index in [-0.39, 0.29) is 11.4 Å². The number of carbonyl (C=O) groups excluding carboxylic acids is 1. The molecule has 1 amide bonds. The minimum absolute atomic E-state index is 0.195. The Morgan fingerprint density at radius 1 is 1.12 bits per heavy atom. The maximum Gasteiger partial charge on any atom is 0.223 e. The number of hydrogen-bond donors (Lipinski definition) is 0. The van der Waals surface area contributed by atoms with Gasteiger partial charge in [0, 0.05) is 24.7 Å². The number of amides is 1. The summed E-state index contributed by atoms with van der Waals surface area (Å²) in [5, 5.41) is 0. The molecule has 0 saturated carbocycles. The highest BCUT2D eigenvalue weighted by Gasteiger charge is 2.48. The van der Waals surface area contributed by atoms with Crippen molar-refractivity contribution in [3.8, 4) is 5.88 Å². The van der Waals surface area contributed by atoms with E-state index in [4.69, 9.17) is 4.74 Å². The second-order valence-electron chi connectivity index (χ2n) is 6.70. The zero-order chi connectivity index (χ0) is 16.6. The molecule has 2 aliphatic rings. The van der Waals surface area contributed by atoms with Crippen LogP contribution in [0.15, 0.2) is 42.5 Å². The molecule has 1 atom stereocenters. The Kier molecular flexibility index (Phi) is 3.75. The van der Waals surface area contributed by atoms with Crippen molar-refractivity contribution in [1.82, 2.24) is 9.88 Å². The van der Waals surface area contributed by atoms with E-state index in [1.807, 2.05) is 24.3 Å². The Bertz CT molecular complexity index is 759. The van der Waals surface area contributed by atoms with Crippen LogP contribution in [-0.2, 0) is 23.3 Å². The van der Waals surface area contributed by atoms with E-state index < -0.39 is 0 Å². The number of methoxy groups -OCH3 is 1. The van der Waals surface area contributed by atoms with Gasteiger partial charge in [0.2, 0.25) is 11.8 Å². The third-order valence-electron chi connectivity index (χ3n) is 5.42. The lowest BCUT2D eigenvalue weighted by molar-refractivity contribution is -0.132. The highest BCUT2D eigenvalue weighted by molar-refractivity contribution is 5.80. The van der Waals surface area contributed by atoms with Gasteiger partial charge >= 0.3 is 0 Å². The van der Waals surface area contributed by atoms with Crippen molar-refractivity contribution in [3.63, 3.8) is 0 Å². The number of ether oxygens (including phenoxy) is 1. The summed E-state index contributed by atoms with van der Waals surface area (Å²) < 4.78 is 5.28. The molecule has 2 heterocycles. The van der Waals surface area contributed by atoms with E-state index in [2.05, 4.69) is 28.1 Å². The Hall–Kier alpha value is -2.36. The highest BCUT2D eigenvalue weighted by Crippen LogP contribution is 2.48. The number of aromatic nitrogens is 1. The minimum atomic E-state index is -0.195. The Morgan fingerprint density at radius 2 is 1.96 bits per heavy atom. The van der Waals surface area contributed by atoms with Gasteiger partial charge in [-0.05, 0) is 42.9 Å². The molecule has 1 spiro atoms. The number of pyridine rings is 1. The molecular formula is C20H22N2O2. The first-order valence-corrected chi connectivity index (χ1v) is 8.62. The van der Waals surface area contributed by atoms with E-state index in [9.17, 15) is 4.79 Å². The van der Waals surface area contributed by atoms with Crippen molar-refractivity contribution in [2.75, 3.05) is 7.11 Å². The molecule has 1 aromatic heterocycles. The second-order valence-corrected chi connectivity index (χ2v) is 6.70.